The number of nitrogens with two attached hydrogens (primary N) is 1. The first-order valence-electron chi connectivity index (χ1n) is 9.18. The lowest BCUT2D eigenvalue weighted by Gasteiger charge is -2.16. The minimum absolute atomic E-state index is 0.194. The lowest BCUT2D eigenvalue weighted by Crippen LogP contribution is -2.39. The smallest absolute Gasteiger partial charge is 0.335 e. The third-order valence-electron chi connectivity index (χ3n) is 4.52. The van der Waals surface area contributed by atoms with Crippen LogP contribution < -0.4 is 11.1 Å². The van der Waals surface area contributed by atoms with E-state index in [1.807, 2.05) is 87.6 Å². The molecule has 156 valence electrons. The van der Waals surface area contributed by atoms with Crippen molar-refractivity contribution in [2.24, 2.45) is 5.73 Å². The van der Waals surface area contributed by atoms with Crippen molar-refractivity contribution in [2.75, 3.05) is 5.32 Å². The van der Waals surface area contributed by atoms with E-state index >= 15 is 0 Å². The molecule has 4 N–H and O–H groups in total. The van der Waals surface area contributed by atoms with E-state index in [0.717, 1.165) is 22.0 Å². The monoisotopic (exact) mass is 630 g/mol. The molecule has 30 heavy (non-hydrogen) atoms. The number of rotatable bonds is 6. The average molecular weight is 630 g/mol. The van der Waals surface area contributed by atoms with E-state index < -0.39 is 24.0 Å². The Bertz CT molecular complexity index is 1080. The molecule has 0 amide bonds. The maximum atomic E-state index is 12.3. The summed E-state index contributed by atoms with van der Waals surface area (Å²) in [5.41, 5.74) is 7.47. The quantitative estimate of drug-likeness (QED) is 0.215. The number of fused-ring (bicyclic) bond motifs is 1. The van der Waals surface area contributed by atoms with Crippen LogP contribution >= 0.6 is 45.2 Å². The van der Waals surface area contributed by atoms with Gasteiger partial charge in [-0.3, -0.25) is 0 Å². The van der Waals surface area contributed by atoms with Crippen molar-refractivity contribution in [2.45, 2.75) is 25.4 Å². The summed E-state index contributed by atoms with van der Waals surface area (Å²) in [5, 5.41) is 15.0. The molecule has 0 saturated heterocycles. The normalized spacial score (nSPS) is 12.9. The highest BCUT2D eigenvalue weighted by molar-refractivity contribution is 14.1. The molecule has 2 atom stereocenters. The number of phenolic OH excluding ortho intramolecular Hbond substituents is 1. The summed E-state index contributed by atoms with van der Waals surface area (Å²) >= 11 is 4.02. The number of benzene rings is 3. The lowest BCUT2D eigenvalue weighted by atomic mass is 10.1. The Hall–Kier alpha value is -1.92. The van der Waals surface area contributed by atoms with Crippen LogP contribution in [-0.4, -0.2) is 29.1 Å². The number of carbonyl (C=O) groups is 2. The number of nitrogens with one attached hydrogen (secondary N) is 1. The van der Waals surface area contributed by atoms with Crippen LogP contribution in [0.25, 0.3) is 10.8 Å². The van der Waals surface area contributed by atoms with E-state index in [1.54, 1.807) is 19.1 Å². The van der Waals surface area contributed by atoms with Gasteiger partial charge in [0.2, 0.25) is 0 Å². The van der Waals surface area contributed by atoms with Crippen molar-refractivity contribution in [3.05, 3.63) is 67.3 Å². The van der Waals surface area contributed by atoms with Crippen molar-refractivity contribution in [1.29, 1.82) is 0 Å². The number of ether oxygens (including phenoxy) is 1. The lowest BCUT2D eigenvalue weighted by molar-refractivity contribution is -0.160. The summed E-state index contributed by atoms with van der Waals surface area (Å²) in [6, 6.07) is 15.4. The molecule has 3 aromatic carbocycles. The summed E-state index contributed by atoms with van der Waals surface area (Å²) in [5.74, 6) is -1.29. The van der Waals surface area contributed by atoms with Crippen LogP contribution in [-0.2, 0) is 20.7 Å². The number of carbonyl (C=O) groups excluding carboxylic acids is 2. The average Bonchev–Trinajstić information content (AvgIpc) is 2.71. The Labute approximate surface area is 201 Å². The standard InChI is InChI=1S/C22H20I2N2O4/c1-12(26-16-7-6-14-4-2-3-5-15(14)11-16)21(28)30-22(29)19(25)10-13-8-17(23)20(27)18(24)9-13/h2-9,11-12,19,26-27H,10,25H2,1H3/t12-,19-/m0/s1. The van der Waals surface area contributed by atoms with Crippen LogP contribution in [0.4, 0.5) is 5.69 Å². The summed E-state index contributed by atoms with van der Waals surface area (Å²) < 4.78 is 6.30. The van der Waals surface area contributed by atoms with Gasteiger partial charge < -0.3 is 20.9 Å². The van der Waals surface area contributed by atoms with Crippen LogP contribution in [0.1, 0.15) is 12.5 Å². The van der Waals surface area contributed by atoms with Crippen molar-refractivity contribution in [1.82, 2.24) is 0 Å². The molecule has 0 saturated carbocycles. The molecule has 0 aliphatic rings. The largest absolute Gasteiger partial charge is 0.506 e. The first-order chi connectivity index (χ1) is 14.2. The van der Waals surface area contributed by atoms with Crippen LogP contribution in [0.2, 0.25) is 0 Å². The van der Waals surface area contributed by atoms with Gasteiger partial charge in [-0.15, -0.1) is 0 Å². The molecule has 8 heteroatoms. The fourth-order valence-corrected chi connectivity index (χ4v) is 4.82. The number of hydrogen-bond acceptors (Lipinski definition) is 6. The molecular formula is C22H20I2N2O4. The van der Waals surface area contributed by atoms with Crippen LogP contribution in [0, 0.1) is 7.14 Å². The van der Waals surface area contributed by atoms with Gasteiger partial charge in [0, 0.05) is 5.69 Å². The second kappa shape index (κ2) is 9.92. The maximum Gasteiger partial charge on any atom is 0.335 e. The van der Waals surface area contributed by atoms with Crippen molar-refractivity contribution >= 4 is 73.6 Å². The predicted octanol–water partition coefficient (Wildman–Crippen LogP) is 4.19. The zero-order valence-corrected chi connectivity index (χ0v) is 20.4. The van der Waals surface area contributed by atoms with E-state index in [0.29, 0.717) is 7.14 Å². The topological polar surface area (TPSA) is 102 Å². The zero-order chi connectivity index (χ0) is 21.8. The summed E-state index contributed by atoms with van der Waals surface area (Å²) in [4.78, 5) is 24.6. The molecule has 0 bridgehead atoms. The summed E-state index contributed by atoms with van der Waals surface area (Å²) in [7, 11) is 0. The molecule has 0 aliphatic heterocycles. The molecule has 0 unspecified atom stereocenters. The highest BCUT2D eigenvalue weighted by Crippen LogP contribution is 2.27. The first kappa shape index (κ1) is 22.8. The molecule has 6 nitrogen and oxygen atoms in total. The Balaban J connectivity index is 1.59. The Morgan fingerprint density at radius 1 is 1.03 bits per heavy atom. The molecule has 0 fully saturated rings. The van der Waals surface area contributed by atoms with Crippen LogP contribution in [0.15, 0.2) is 54.6 Å². The Morgan fingerprint density at radius 2 is 1.67 bits per heavy atom. The van der Waals surface area contributed by atoms with Gasteiger partial charge >= 0.3 is 11.9 Å². The highest BCUT2D eigenvalue weighted by atomic mass is 127. The van der Waals surface area contributed by atoms with Gasteiger partial charge in [-0.25, -0.2) is 9.59 Å². The van der Waals surface area contributed by atoms with Crippen LogP contribution in [0.5, 0.6) is 5.75 Å². The summed E-state index contributed by atoms with van der Waals surface area (Å²) in [6.45, 7) is 1.63. The molecule has 0 aromatic heterocycles. The van der Waals surface area contributed by atoms with Gasteiger partial charge in [0.15, 0.2) is 0 Å². The Kier molecular flexibility index (Phi) is 7.53. The van der Waals surface area contributed by atoms with Gasteiger partial charge in [0.05, 0.1) is 7.14 Å². The molecule has 3 aromatic rings. The van der Waals surface area contributed by atoms with E-state index in [-0.39, 0.29) is 12.2 Å². The number of anilines is 1. The van der Waals surface area contributed by atoms with Gasteiger partial charge in [-0.2, -0.15) is 0 Å². The molecule has 0 spiro atoms. The predicted molar refractivity (Wildman–Crippen MR) is 133 cm³/mol. The first-order valence-corrected chi connectivity index (χ1v) is 11.3. The summed E-state index contributed by atoms with van der Waals surface area (Å²) in [6.07, 6.45) is 0.199. The zero-order valence-electron chi connectivity index (χ0n) is 16.1. The van der Waals surface area contributed by atoms with Crippen molar-refractivity contribution < 1.29 is 19.4 Å². The van der Waals surface area contributed by atoms with Gasteiger partial charge in [0.25, 0.3) is 0 Å². The minimum Gasteiger partial charge on any atom is -0.506 e. The SMILES string of the molecule is C[C@H](Nc1ccc2ccccc2c1)C(=O)OC(=O)[C@@H](N)Cc1cc(I)c(O)c(I)c1. The van der Waals surface area contributed by atoms with E-state index in [9.17, 15) is 14.7 Å². The fraction of sp³-hybridized carbons (Fsp3) is 0.182. The number of esters is 2. The molecule has 3 rings (SSSR count). The van der Waals surface area contributed by atoms with Crippen molar-refractivity contribution in [3.63, 3.8) is 0 Å². The van der Waals surface area contributed by atoms with E-state index in [4.69, 9.17) is 10.5 Å². The number of halogens is 2. The third kappa shape index (κ3) is 5.61. The van der Waals surface area contributed by atoms with Crippen LogP contribution in [0.3, 0.4) is 0 Å². The maximum absolute atomic E-state index is 12.3. The molecule has 0 radical (unpaired) electrons. The second-order valence-electron chi connectivity index (χ2n) is 6.89. The van der Waals surface area contributed by atoms with Crippen molar-refractivity contribution in [3.8, 4) is 5.75 Å². The number of hydrogen-bond donors (Lipinski definition) is 3. The molecule has 0 aliphatic carbocycles. The highest BCUT2D eigenvalue weighted by Gasteiger charge is 2.23. The fourth-order valence-electron chi connectivity index (χ4n) is 2.92. The molecular weight excluding hydrogens is 610 g/mol. The molecule has 0 heterocycles. The number of aromatic hydroxyl groups is 1. The minimum atomic E-state index is -0.988. The van der Waals surface area contributed by atoms with E-state index in [1.165, 1.54) is 0 Å². The van der Waals surface area contributed by atoms with Gasteiger partial charge in [0.1, 0.15) is 17.8 Å². The Morgan fingerprint density at radius 3 is 2.33 bits per heavy atom. The second-order valence-corrected chi connectivity index (χ2v) is 9.21. The van der Waals surface area contributed by atoms with E-state index in [2.05, 4.69) is 5.32 Å². The van der Waals surface area contributed by atoms with Gasteiger partial charge in [-0.1, -0.05) is 30.3 Å². The number of phenols is 1. The van der Waals surface area contributed by atoms with Gasteiger partial charge in [-0.05, 0) is 99.1 Å². The third-order valence-corrected chi connectivity index (χ3v) is 6.17.